The predicted molar refractivity (Wildman–Crippen MR) is 97.2 cm³/mol. The van der Waals surface area contributed by atoms with E-state index in [4.69, 9.17) is 5.73 Å². The molecule has 4 rings (SSSR count). The zero-order valence-electron chi connectivity index (χ0n) is 13.4. The maximum Gasteiger partial charge on any atom is 0.240 e. The fourth-order valence-corrected chi connectivity index (χ4v) is 4.37. The van der Waals surface area contributed by atoms with Gasteiger partial charge in [0.2, 0.25) is 5.91 Å². The van der Waals surface area contributed by atoms with Gasteiger partial charge in [0, 0.05) is 17.5 Å². The van der Waals surface area contributed by atoms with Gasteiger partial charge in [-0.1, -0.05) is 30.3 Å². The van der Waals surface area contributed by atoms with E-state index in [0.717, 1.165) is 46.5 Å². The van der Waals surface area contributed by atoms with Crippen molar-refractivity contribution in [2.45, 2.75) is 25.8 Å². The third-order valence-corrected chi connectivity index (χ3v) is 5.34. The van der Waals surface area contributed by atoms with Gasteiger partial charge in [-0.2, -0.15) is 0 Å². The predicted octanol–water partition coefficient (Wildman–Crippen LogP) is 3.12. The van der Waals surface area contributed by atoms with E-state index in [-0.39, 0.29) is 11.9 Å². The molecule has 1 aliphatic rings. The van der Waals surface area contributed by atoms with Crippen molar-refractivity contribution in [1.29, 1.82) is 0 Å². The van der Waals surface area contributed by atoms with Crippen LogP contribution in [-0.4, -0.2) is 28.5 Å². The minimum atomic E-state index is -0.286. The number of nitrogens with zero attached hydrogens (tertiary/aromatic N) is 3. The Morgan fingerprint density at radius 2 is 2.08 bits per heavy atom. The van der Waals surface area contributed by atoms with Crippen LogP contribution in [0.25, 0.3) is 21.3 Å². The van der Waals surface area contributed by atoms with Gasteiger partial charge < -0.3 is 10.6 Å². The van der Waals surface area contributed by atoms with E-state index in [1.807, 2.05) is 25.1 Å². The van der Waals surface area contributed by atoms with Gasteiger partial charge in [-0.25, -0.2) is 9.97 Å². The van der Waals surface area contributed by atoms with Crippen molar-refractivity contribution >= 4 is 33.3 Å². The van der Waals surface area contributed by atoms with E-state index < -0.39 is 0 Å². The van der Waals surface area contributed by atoms with Crippen molar-refractivity contribution in [1.82, 2.24) is 9.97 Å². The molecule has 3 aromatic rings. The number of primary amides is 1. The summed E-state index contributed by atoms with van der Waals surface area (Å²) >= 11 is 1.61. The average molecular weight is 338 g/mol. The first kappa shape index (κ1) is 15.1. The third kappa shape index (κ3) is 2.43. The second kappa shape index (κ2) is 5.87. The van der Waals surface area contributed by atoms with Crippen molar-refractivity contribution < 1.29 is 4.79 Å². The molecule has 0 saturated carbocycles. The zero-order valence-corrected chi connectivity index (χ0v) is 14.2. The van der Waals surface area contributed by atoms with Crippen LogP contribution in [0, 0.1) is 6.92 Å². The van der Waals surface area contributed by atoms with E-state index in [1.54, 1.807) is 11.3 Å². The third-order valence-electron chi connectivity index (χ3n) is 4.46. The molecule has 1 aromatic carbocycles. The maximum absolute atomic E-state index is 11.8. The first-order valence-electron chi connectivity index (χ1n) is 8.02. The van der Waals surface area contributed by atoms with E-state index >= 15 is 0 Å². The summed E-state index contributed by atoms with van der Waals surface area (Å²) in [5, 5.41) is 3.14. The fraction of sp³-hybridized carbons (Fsp3) is 0.278. The van der Waals surface area contributed by atoms with Crippen molar-refractivity contribution in [3.05, 3.63) is 41.5 Å². The molecule has 1 fully saturated rings. The van der Waals surface area contributed by atoms with Gasteiger partial charge in [0.1, 0.15) is 22.5 Å². The molecule has 1 atom stereocenters. The highest BCUT2D eigenvalue weighted by molar-refractivity contribution is 7.17. The lowest BCUT2D eigenvalue weighted by atomic mass is 10.1. The van der Waals surface area contributed by atoms with Crippen LogP contribution >= 0.6 is 11.3 Å². The molecule has 3 heterocycles. The highest BCUT2D eigenvalue weighted by Gasteiger charge is 2.32. The van der Waals surface area contributed by atoms with E-state index in [9.17, 15) is 4.79 Å². The van der Waals surface area contributed by atoms with Crippen molar-refractivity contribution in [3.63, 3.8) is 0 Å². The summed E-state index contributed by atoms with van der Waals surface area (Å²) in [6, 6.07) is 9.93. The molecular formula is C18H18N4OS. The van der Waals surface area contributed by atoms with Crippen molar-refractivity contribution in [2.75, 3.05) is 11.4 Å². The molecule has 24 heavy (non-hydrogen) atoms. The molecule has 0 unspecified atom stereocenters. The van der Waals surface area contributed by atoms with Gasteiger partial charge in [0.05, 0.1) is 5.39 Å². The van der Waals surface area contributed by atoms with Gasteiger partial charge in [0.15, 0.2) is 0 Å². The number of benzene rings is 1. The molecule has 1 aliphatic heterocycles. The molecule has 122 valence electrons. The number of amides is 1. The van der Waals surface area contributed by atoms with Crippen LogP contribution in [0.5, 0.6) is 0 Å². The molecule has 2 aromatic heterocycles. The minimum absolute atomic E-state index is 0.284. The summed E-state index contributed by atoms with van der Waals surface area (Å²) in [4.78, 5) is 24.1. The van der Waals surface area contributed by atoms with Gasteiger partial charge in [-0.3, -0.25) is 4.79 Å². The molecule has 5 nitrogen and oxygen atoms in total. The molecule has 0 radical (unpaired) electrons. The molecule has 2 N–H and O–H groups in total. The van der Waals surface area contributed by atoms with Gasteiger partial charge in [-0.15, -0.1) is 11.3 Å². The number of hydrogen-bond donors (Lipinski definition) is 1. The number of aromatic nitrogens is 2. The Balaban J connectivity index is 1.94. The number of thiophene rings is 1. The Labute approximate surface area is 144 Å². The summed E-state index contributed by atoms with van der Waals surface area (Å²) in [7, 11) is 0. The minimum Gasteiger partial charge on any atom is -0.368 e. The largest absolute Gasteiger partial charge is 0.368 e. The number of nitrogens with two attached hydrogens (primary N) is 1. The Kier molecular flexibility index (Phi) is 3.69. The van der Waals surface area contributed by atoms with E-state index in [2.05, 4.69) is 32.4 Å². The molecule has 6 heteroatoms. The highest BCUT2D eigenvalue weighted by atomic mass is 32.1. The second-order valence-electron chi connectivity index (χ2n) is 6.04. The fourth-order valence-electron chi connectivity index (χ4n) is 3.38. The van der Waals surface area contributed by atoms with E-state index in [1.165, 1.54) is 0 Å². The molecule has 1 saturated heterocycles. The Morgan fingerprint density at radius 1 is 1.29 bits per heavy atom. The van der Waals surface area contributed by atoms with Crippen LogP contribution in [-0.2, 0) is 4.79 Å². The molecule has 0 aliphatic carbocycles. The SMILES string of the molecule is Cc1nc(N2CCC[C@@H]2C(N)=O)c2c(-c3ccccc3)csc2n1. The Morgan fingerprint density at radius 3 is 2.83 bits per heavy atom. The van der Waals surface area contributed by atoms with Gasteiger partial charge in [-0.05, 0) is 25.3 Å². The second-order valence-corrected chi connectivity index (χ2v) is 6.90. The monoisotopic (exact) mass is 338 g/mol. The van der Waals surface area contributed by atoms with Crippen molar-refractivity contribution in [3.8, 4) is 11.1 Å². The molecule has 0 spiro atoms. The zero-order chi connectivity index (χ0) is 16.7. The van der Waals surface area contributed by atoms with Crippen LogP contribution in [0.2, 0.25) is 0 Å². The standard InChI is InChI=1S/C18H18N4OS/c1-11-20-17(22-9-5-8-14(22)16(19)23)15-13(10-24-18(15)21-11)12-6-3-2-4-7-12/h2-4,6-7,10,14H,5,8-9H2,1H3,(H2,19,23)/t14-/m1/s1. The number of carbonyl (C=O) groups is 1. The first-order chi connectivity index (χ1) is 11.6. The smallest absolute Gasteiger partial charge is 0.240 e. The lowest BCUT2D eigenvalue weighted by Crippen LogP contribution is -2.41. The quantitative estimate of drug-likeness (QED) is 0.796. The first-order valence-corrected chi connectivity index (χ1v) is 8.90. The van der Waals surface area contributed by atoms with Gasteiger partial charge in [0.25, 0.3) is 0 Å². The summed E-state index contributed by atoms with van der Waals surface area (Å²) in [6.07, 6.45) is 1.73. The summed E-state index contributed by atoms with van der Waals surface area (Å²) < 4.78 is 0. The topological polar surface area (TPSA) is 72.1 Å². The number of rotatable bonds is 3. The van der Waals surface area contributed by atoms with Crippen LogP contribution in [0.4, 0.5) is 5.82 Å². The molecular weight excluding hydrogens is 320 g/mol. The normalized spacial score (nSPS) is 17.5. The summed E-state index contributed by atoms with van der Waals surface area (Å²) in [6.45, 7) is 2.68. The van der Waals surface area contributed by atoms with Crippen LogP contribution < -0.4 is 10.6 Å². The number of carbonyl (C=O) groups excluding carboxylic acids is 1. The average Bonchev–Trinajstić information content (AvgIpc) is 3.21. The van der Waals surface area contributed by atoms with E-state index in [0.29, 0.717) is 5.82 Å². The molecule has 0 bridgehead atoms. The number of hydrogen-bond acceptors (Lipinski definition) is 5. The summed E-state index contributed by atoms with van der Waals surface area (Å²) in [5.41, 5.74) is 7.85. The lowest BCUT2D eigenvalue weighted by Gasteiger charge is -2.24. The maximum atomic E-state index is 11.8. The molecule has 1 amide bonds. The van der Waals surface area contributed by atoms with Crippen LogP contribution in [0.1, 0.15) is 18.7 Å². The number of anilines is 1. The van der Waals surface area contributed by atoms with Crippen molar-refractivity contribution in [2.24, 2.45) is 5.73 Å². The number of fused-ring (bicyclic) bond motifs is 1. The Hall–Kier alpha value is -2.47. The Bertz CT molecular complexity index is 906. The van der Waals surface area contributed by atoms with Crippen LogP contribution in [0.3, 0.4) is 0 Å². The van der Waals surface area contributed by atoms with Crippen LogP contribution in [0.15, 0.2) is 35.7 Å². The summed E-state index contributed by atoms with van der Waals surface area (Å²) in [5.74, 6) is 1.27. The number of aryl methyl sites for hydroxylation is 1. The lowest BCUT2D eigenvalue weighted by molar-refractivity contribution is -0.119. The van der Waals surface area contributed by atoms with Gasteiger partial charge >= 0.3 is 0 Å². The highest BCUT2D eigenvalue weighted by Crippen LogP contribution is 2.40.